The lowest BCUT2D eigenvalue weighted by Gasteiger charge is -2.36. The highest BCUT2D eigenvalue weighted by Crippen LogP contribution is 2.36. The Hall–Kier alpha value is -2.22. The van der Waals surface area contributed by atoms with Gasteiger partial charge in [-0.1, -0.05) is 57.0 Å². The first-order valence-corrected chi connectivity index (χ1v) is 13.5. The largest absolute Gasteiger partial charge is 0.390 e. The van der Waals surface area contributed by atoms with Crippen molar-refractivity contribution in [2.45, 2.75) is 71.4 Å². The molecular weight excluding hydrogens is 446 g/mol. The Bertz CT molecular complexity index is 1010. The molecule has 0 saturated heterocycles. The van der Waals surface area contributed by atoms with E-state index in [4.69, 9.17) is 0 Å². The summed E-state index contributed by atoms with van der Waals surface area (Å²) in [6, 6.07) is 7.35. The van der Waals surface area contributed by atoms with E-state index in [-0.39, 0.29) is 10.6 Å². The summed E-state index contributed by atoms with van der Waals surface area (Å²) in [7, 11) is -1.75. The van der Waals surface area contributed by atoms with Gasteiger partial charge in [0.1, 0.15) is 0 Å². The van der Waals surface area contributed by atoms with Crippen molar-refractivity contribution in [3.63, 3.8) is 0 Å². The smallest absolute Gasteiger partial charge is 0.259 e. The van der Waals surface area contributed by atoms with Gasteiger partial charge >= 0.3 is 0 Å². The zero-order valence-electron chi connectivity index (χ0n) is 21.2. The molecule has 1 fully saturated rings. The number of sulfonamides is 1. The van der Waals surface area contributed by atoms with Crippen molar-refractivity contribution >= 4 is 22.4 Å². The first kappa shape index (κ1) is 28.0. The van der Waals surface area contributed by atoms with Gasteiger partial charge in [-0.05, 0) is 76.1 Å². The third-order valence-corrected chi connectivity index (χ3v) is 8.24. The predicted octanol–water partition coefficient (Wildman–Crippen LogP) is 5.65. The van der Waals surface area contributed by atoms with Crippen LogP contribution >= 0.6 is 0 Å². The minimum absolute atomic E-state index is 0.0692. The van der Waals surface area contributed by atoms with Gasteiger partial charge in [-0.3, -0.25) is 9.71 Å². The Morgan fingerprint density at radius 2 is 1.97 bits per heavy atom. The minimum Gasteiger partial charge on any atom is -0.390 e. The molecule has 0 bridgehead atoms. The average Bonchev–Trinajstić information content (AvgIpc) is 2.77. The Morgan fingerprint density at radius 1 is 1.32 bits per heavy atom. The number of nitrogens with zero attached hydrogens (tertiary/aromatic N) is 2. The fourth-order valence-corrected chi connectivity index (χ4v) is 5.25. The highest BCUT2D eigenvalue weighted by molar-refractivity contribution is 7.96. The predicted molar refractivity (Wildman–Crippen MR) is 143 cm³/mol. The van der Waals surface area contributed by atoms with E-state index in [1.165, 1.54) is 26.2 Å². The summed E-state index contributed by atoms with van der Waals surface area (Å²) in [6.07, 6.45) is 9.72. The molecule has 1 saturated carbocycles. The van der Waals surface area contributed by atoms with Crippen molar-refractivity contribution in [2.75, 3.05) is 18.3 Å². The number of hydrogen-bond acceptors (Lipinski definition) is 5. The first-order chi connectivity index (χ1) is 16.0. The monoisotopic (exact) mass is 487 g/mol. The zero-order valence-corrected chi connectivity index (χ0v) is 22.0. The van der Waals surface area contributed by atoms with E-state index in [1.807, 2.05) is 26.1 Å². The second kappa shape index (κ2) is 12.5. The van der Waals surface area contributed by atoms with E-state index in [9.17, 15) is 13.5 Å². The van der Waals surface area contributed by atoms with Crippen LogP contribution in [-0.2, 0) is 16.6 Å². The molecule has 1 unspecified atom stereocenters. The fraction of sp³-hybridized carbons (Fsp3) is 0.519. The number of aliphatic hydroxyl groups is 1. The van der Waals surface area contributed by atoms with E-state index in [2.05, 4.69) is 34.8 Å². The second-order valence-corrected chi connectivity index (χ2v) is 11.3. The Kier molecular flexibility index (Phi) is 10.3. The van der Waals surface area contributed by atoms with Crippen molar-refractivity contribution in [3.8, 4) is 0 Å². The third-order valence-electron chi connectivity index (χ3n) is 6.74. The maximum atomic E-state index is 12.8. The van der Waals surface area contributed by atoms with Crippen LogP contribution < -0.4 is 4.72 Å². The van der Waals surface area contributed by atoms with Crippen molar-refractivity contribution in [1.29, 1.82) is 0 Å². The third kappa shape index (κ3) is 7.93. The van der Waals surface area contributed by atoms with Gasteiger partial charge in [0, 0.05) is 18.8 Å². The quantitative estimate of drug-likeness (QED) is 0.263. The van der Waals surface area contributed by atoms with E-state index >= 15 is 0 Å². The van der Waals surface area contributed by atoms with Crippen LogP contribution in [0.5, 0.6) is 0 Å². The number of benzene rings is 1. The maximum Gasteiger partial charge on any atom is 0.259 e. The molecule has 1 aliphatic carbocycles. The van der Waals surface area contributed by atoms with Crippen LogP contribution in [0.1, 0.15) is 64.9 Å². The minimum atomic E-state index is -3.80. The van der Waals surface area contributed by atoms with Crippen LogP contribution in [0.3, 0.4) is 0 Å². The molecule has 0 aromatic heterocycles. The molecule has 1 aromatic rings. The molecule has 34 heavy (non-hydrogen) atoms. The molecule has 0 radical (unpaired) electrons. The van der Waals surface area contributed by atoms with E-state index in [0.717, 1.165) is 37.9 Å². The second-order valence-electron chi connectivity index (χ2n) is 9.46. The number of rotatable bonds is 14. The molecule has 2 N–H and O–H groups in total. The van der Waals surface area contributed by atoms with Gasteiger partial charge in [0.15, 0.2) is 0 Å². The van der Waals surface area contributed by atoms with Crippen LogP contribution in [0.2, 0.25) is 0 Å². The lowest BCUT2D eigenvalue weighted by Crippen LogP contribution is -2.36. The lowest BCUT2D eigenvalue weighted by atomic mass is 9.75. The molecule has 188 valence electrons. The fourth-order valence-electron chi connectivity index (χ4n) is 4.20. The summed E-state index contributed by atoms with van der Waals surface area (Å²) in [6.45, 7) is 14.3. The van der Waals surface area contributed by atoms with Crippen molar-refractivity contribution in [1.82, 2.24) is 4.90 Å². The van der Waals surface area contributed by atoms with Gasteiger partial charge < -0.3 is 10.0 Å². The molecule has 2 rings (SSSR count). The maximum absolute atomic E-state index is 12.8. The zero-order chi connectivity index (χ0) is 25.4. The highest BCUT2D eigenvalue weighted by Gasteiger charge is 2.31. The highest BCUT2D eigenvalue weighted by atomic mass is 32.2. The van der Waals surface area contributed by atoms with Crippen LogP contribution in [0, 0.1) is 5.92 Å². The number of allylic oxidation sites excluding steroid dienone is 3. The molecule has 6 nitrogen and oxygen atoms in total. The van der Waals surface area contributed by atoms with Crippen molar-refractivity contribution < 1.29 is 13.5 Å². The molecule has 1 aliphatic rings. The summed E-state index contributed by atoms with van der Waals surface area (Å²) in [5.74, 6) is 0.685. The summed E-state index contributed by atoms with van der Waals surface area (Å²) in [5, 5.41) is 11.0. The molecule has 0 aliphatic heterocycles. The number of aliphatic imine (C=N–C) groups is 1. The Morgan fingerprint density at radius 3 is 2.47 bits per heavy atom. The number of nitrogens with one attached hydrogen (secondary N) is 1. The van der Waals surface area contributed by atoms with Crippen molar-refractivity contribution in [3.05, 3.63) is 64.7 Å². The topological polar surface area (TPSA) is 82.0 Å². The molecular formula is C27H41N3O3S. The molecule has 1 atom stereocenters. The SMILES string of the molecule is C=NC(C(=C)C=CC)=C(C)S(=O)(=O)Nc1ccc(CN(C)CCC(O)(CC)CC2CCC2)cc1. The molecule has 7 heteroatoms. The number of hydrogen-bond donors (Lipinski definition) is 2. The van der Waals surface area contributed by atoms with Gasteiger partial charge in [0.25, 0.3) is 10.0 Å². The Labute approximate surface area is 206 Å². The van der Waals surface area contributed by atoms with Crippen molar-refractivity contribution in [2.24, 2.45) is 10.9 Å². The van der Waals surface area contributed by atoms with Gasteiger partial charge in [0.05, 0.1) is 16.2 Å². The van der Waals surface area contributed by atoms with Crippen LogP contribution in [-0.4, -0.2) is 44.3 Å². The Balaban J connectivity index is 1.97. The van der Waals surface area contributed by atoms with E-state index in [0.29, 0.717) is 17.2 Å². The molecule has 1 aromatic carbocycles. The van der Waals surface area contributed by atoms with Gasteiger partial charge in [-0.15, -0.1) is 0 Å². The summed E-state index contributed by atoms with van der Waals surface area (Å²) >= 11 is 0. The van der Waals surface area contributed by atoms with E-state index < -0.39 is 15.6 Å². The van der Waals surface area contributed by atoms with Gasteiger partial charge in [0.2, 0.25) is 0 Å². The molecule has 0 amide bonds. The van der Waals surface area contributed by atoms with Crippen LogP contribution in [0.15, 0.2) is 64.2 Å². The number of anilines is 1. The average molecular weight is 488 g/mol. The lowest BCUT2D eigenvalue weighted by molar-refractivity contribution is -0.0140. The summed E-state index contributed by atoms with van der Waals surface area (Å²) in [5.41, 5.74) is 1.71. The van der Waals surface area contributed by atoms with Gasteiger partial charge in [-0.25, -0.2) is 8.42 Å². The molecule has 0 heterocycles. The standard InChI is InChI=1S/C27H41N3O3S/c1-7-10-21(3)26(28-5)22(4)34(32,33)29-25-15-13-24(14-16-25)20-30(6)18-17-27(31,8-2)19-23-11-9-12-23/h7,10,13-16,23,29,31H,3,5,8-9,11-12,17-20H2,1-2,4,6H3. The van der Waals surface area contributed by atoms with Crippen LogP contribution in [0.25, 0.3) is 0 Å². The summed E-state index contributed by atoms with van der Waals surface area (Å²) in [4.78, 5) is 6.13. The normalized spacial score (nSPS) is 17.2. The molecule has 0 spiro atoms. The summed E-state index contributed by atoms with van der Waals surface area (Å²) < 4.78 is 28.3. The van der Waals surface area contributed by atoms with Crippen LogP contribution in [0.4, 0.5) is 5.69 Å². The van der Waals surface area contributed by atoms with E-state index in [1.54, 1.807) is 24.3 Å². The first-order valence-electron chi connectivity index (χ1n) is 12.1. The van der Waals surface area contributed by atoms with Gasteiger partial charge in [-0.2, -0.15) is 0 Å².